The van der Waals surface area contributed by atoms with E-state index in [1.165, 1.54) is 16.8 Å². The van der Waals surface area contributed by atoms with E-state index in [1.807, 2.05) is 36.4 Å². The molecule has 0 saturated heterocycles. The Morgan fingerprint density at radius 2 is 0.662 bits per heavy atom. The van der Waals surface area contributed by atoms with Crippen molar-refractivity contribution in [2.45, 2.75) is 60.4 Å². The molecular weight excluding hydrogens is 873 g/mol. The molecule has 0 aliphatic heterocycles. The molecule has 8 aromatic carbocycles. The fourth-order valence-electron chi connectivity index (χ4n) is 10.1. The highest BCUT2D eigenvalue weighted by Crippen LogP contribution is 2.51. The summed E-state index contributed by atoms with van der Waals surface area (Å²) in [5.74, 6) is 2.47. The predicted molar refractivity (Wildman–Crippen MR) is 297 cm³/mol. The summed E-state index contributed by atoms with van der Waals surface area (Å²) in [7, 11) is 5.13. The van der Waals surface area contributed by atoms with Gasteiger partial charge in [-0.2, -0.15) is 0 Å². The minimum Gasteiger partial charge on any atom is -0.497 e. The van der Waals surface area contributed by atoms with Crippen LogP contribution in [0.5, 0.6) is 17.2 Å². The molecular formula is C64H64N4O3. The molecule has 0 bridgehead atoms. The van der Waals surface area contributed by atoms with Crippen molar-refractivity contribution in [3.63, 3.8) is 0 Å². The lowest BCUT2D eigenvalue weighted by Crippen LogP contribution is -2.47. The first-order valence-corrected chi connectivity index (χ1v) is 24.3. The van der Waals surface area contributed by atoms with Crippen molar-refractivity contribution in [1.82, 2.24) is 0 Å². The van der Waals surface area contributed by atoms with Crippen molar-refractivity contribution in [2.24, 2.45) is 0 Å². The van der Waals surface area contributed by atoms with Gasteiger partial charge in [-0.15, -0.1) is 0 Å². The molecule has 0 spiro atoms. The maximum absolute atomic E-state index is 5.60. The molecule has 358 valence electrons. The molecule has 1 atom stereocenters. The Bertz CT molecular complexity index is 3040. The number of methoxy groups -OCH3 is 3. The second kappa shape index (κ2) is 20.4. The Labute approximate surface area is 421 Å². The third-order valence-electron chi connectivity index (χ3n) is 14.0. The third kappa shape index (κ3) is 9.48. The smallest absolute Gasteiger partial charge is 0.119 e. The standard InChI is InChI=1S/C64H64N4O3/c1-44-40-62(46(3)38-59(44)65(50-20-14-11-15-21-50)53-26-32-56(69-8)33-27-53)68(63-41-45(2)60(39-47(63)4)66(51-22-16-12-17-23-51)54-28-34-57(70-9)35-29-54)64(7)43-48(5)61(42-49(64)6)67(52-24-18-13-19-25-52)55-30-36-58(71-10)37-31-55/h11-42H,43H2,1-10H3. The van der Waals surface area contributed by atoms with Crippen molar-refractivity contribution in [3.05, 3.63) is 233 Å². The molecule has 0 N–H and O–H groups in total. The van der Waals surface area contributed by atoms with Gasteiger partial charge in [0, 0.05) is 62.6 Å². The van der Waals surface area contributed by atoms with E-state index in [1.54, 1.807) is 21.3 Å². The summed E-state index contributed by atoms with van der Waals surface area (Å²) in [6, 6.07) is 66.5. The van der Waals surface area contributed by atoms with Crippen LogP contribution in [0.15, 0.2) is 211 Å². The first-order chi connectivity index (χ1) is 34.4. The van der Waals surface area contributed by atoms with Gasteiger partial charge in [-0.3, -0.25) is 0 Å². The first-order valence-electron chi connectivity index (χ1n) is 24.3. The van der Waals surface area contributed by atoms with E-state index in [0.29, 0.717) is 0 Å². The largest absolute Gasteiger partial charge is 0.497 e. The molecule has 0 aromatic heterocycles. The molecule has 71 heavy (non-hydrogen) atoms. The van der Waals surface area contributed by atoms with E-state index in [2.05, 4.69) is 226 Å². The predicted octanol–water partition coefficient (Wildman–Crippen LogP) is 17.2. The number of allylic oxidation sites excluding steroid dienone is 1. The number of benzene rings is 8. The van der Waals surface area contributed by atoms with Gasteiger partial charge in [0.2, 0.25) is 0 Å². The van der Waals surface area contributed by atoms with Gasteiger partial charge in [0.25, 0.3) is 0 Å². The summed E-state index contributed by atoms with van der Waals surface area (Å²) in [5, 5.41) is 0. The molecule has 0 fully saturated rings. The maximum atomic E-state index is 5.60. The van der Waals surface area contributed by atoms with E-state index in [-0.39, 0.29) is 0 Å². The molecule has 0 heterocycles. The highest BCUT2D eigenvalue weighted by Gasteiger charge is 2.41. The zero-order valence-electron chi connectivity index (χ0n) is 42.7. The van der Waals surface area contributed by atoms with Crippen molar-refractivity contribution in [3.8, 4) is 17.2 Å². The lowest BCUT2D eigenvalue weighted by Gasteiger charge is -2.48. The zero-order valence-corrected chi connectivity index (χ0v) is 42.7. The normalized spacial score (nSPS) is 14.4. The number of nitrogens with zero attached hydrogens (tertiary/aromatic N) is 4. The molecule has 7 heteroatoms. The molecule has 1 aliphatic rings. The van der Waals surface area contributed by atoms with Crippen molar-refractivity contribution in [1.29, 1.82) is 0 Å². The van der Waals surface area contributed by atoms with E-state index >= 15 is 0 Å². The van der Waals surface area contributed by atoms with E-state index < -0.39 is 5.54 Å². The first kappa shape index (κ1) is 47.9. The molecule has 1 unspecified atom stereocenters. The summed E-state index contributed by atoms with van der Waals surface area (Å²) in [4.78, 5) is 9.71. The Kier molecular flexibility index (Phi) is 13.8. The van der Waals surface area contributed by atoms with Crippen LogP contribution in [-0.2, 0) is 0 Å². The molecule has 8 aromatic rings. The van der Waals surface area contributed by atoms with Crippen molar-refractivity contribution >= 4 is 56.9 Å². The lowest BCUT2D eigenvalue weighted by molar-refractivity contribution is 0.414. The quantitative estimate of drug-likeness (QED) is 0.101. The summed E-state index contributed by atoms with van der Waals surface area (Å²) in [5.41, 5.74) is 18.8. The molecule has 0 radical (unpaired) electrons. The van der Waals surface area contributed by atoms with Crippen LogP contribution < -0.4 is 33.8 Å². The number of hydrogen-bond acceptors (Lipinski definition) is 7. The second-order valence-electron chi connectivity index (χ2n) is 18.7. The van der Waals surface area contributed by atoms with E-state index in [4.69, 9.17) is 14.2 Å². The summed E-state index contributed by atoms with van der Waals surface area (Å²) in [6.07, 6.45) is 3.19. The van der Waals surface area contributed by atoms with Crippen molar-refractivity contribution < 1.29 is 14.2 Å². The molecule has 9 rings (SSSR count). The third-order valence-corrected chi connectivity index (χ3v) is 14.0. The number of anilines is 10. The molecule has 7 nitrogen and oxygen atoms in total. The lowest BCUT2D eigenvalue weighted by atomic mass is 9.78. The van der Waals surface area contributed by atoms with Crippen molar-refractivity contribution in [2.75, 3.05) is 40.9 Å². The van der Waals surface area contributed by atoms with E-state index in [9.17, 15) is 0 Å². The Morgan fingerprint density at radius 1 is 0.366 bits per heavy atom. The van der Waals surface area contributed by atoms with E-state index in [0.717, 1.165) is 103 Å². The highest BCUT2D eigenvalue weighted by atomic mass is 16.5. The average molecular weight is 937 g/mol. The highest BCUT2D eigenvalue weighted by molar-refractivity contribution is 5.86. The van der Waals surface area contributed by atoms with Gasteiger partial charge in [-0.1, -0.05) is 54.6 Å². The maximum Gasteiger partial charge on any atom is 0.119 e. The summed E-state index contributed by atoms with van der Waals surface area (Å²) >= 11 is 0. The number of para-hydroxylation sites is 3. The van der Waals surface area contributed by atoms with Gasteiger partial charge in [-0.25, -0.2) is 0 Å². The zero-order chi connectivity index (χ0) is 49.8. The van der Waals surface area contributed by atoms with Gasteiger partial charge in [0.05, 0.1) is 26.9 Å². The number of ether oxygens (including phenoxy) is 3. The fraction of sp³-hybridized carbons (Fsp3) is 0.188. The minimum atomic E-state index is -0.489. The Morgan fingerprint density at radius 3 is 1.01 bits per heavy atom. The Hall–Kier alpha value is -8.16. The van der Waals surface area contributed by atoms with Crippen LogP contribution >= 0.6 is 0 Å². The van der Waals surface area contributed by atoms with Crippen LogP contribution in [0, 0.1) is 27.7 Å². The van der Waals surface area contributed by atoms with Crippen LogP contribution in [0.1, 0.15) is 49.4 Å². The SMILES string of the molecule is COc1ccc(N(C2=C(C)CC(C)(N(c3cc(C)c(N(c4ccccc4)c4ccc(OC)cc4)cc3C)c3cc(C)c(N(c4ccccc4)c4ccc(OC)cc4)cc3C)C(C)=C2)c2ccccc2)cc1. The van der Waals surface area contributed by atoms with Crippen LogP contribution in [-0.4, -0.2) is 26.9 Å². The van der Waals surface area contributed by atoms with Gasteiger partial charge in [-0.05, 0) is 228 Å². The number of rotatable bonds is 15. The summed E-state index contributed by atoms with van der Waals surface area (Å²) < 4.78 is 16.8. The fourth-order valence-corrected chi connectivity index (χ4v) is 10.1. The van der Waals surface area contributed by atoms with Crippen LogP contribution in [0.4, 0.5) is 56.9 Å². The molecule has 0 saturated carbocycles. The van der Waals surface area contributed by atoms with Gasteiger partial charge >= 0.3 is 0 Å². The molecule has 1 aliphatic carbocycles. The Balaban J connectivity index is 1.23. The van der Waals surface area contributed by atoms with Crippen LogP contribution in [0.25, 0.3) is 0 Å². The minimum absolute atomic E-state index is 0.489. The monoisotopic (exact) mass is 936 g/mol. The average Bonchev–Trinajstić information content (AvgIpc) is 3.40. The summed E-state index contributed by atoms with van der Waals surface area (Å²) in [6.45, 7) is 16.0. The number of aryl methyl sites for hydroxylation is 4. The van der Waals surface area contributed by atoms with Gasteiger partial charge in [0.15, 0.2) is 0 Å². The number of hydrogen-bond donors (Lipinski definition) is 0. The topological polar surface area (TPSA) is 40.7 Å². The van der Waals surface area contributed by atoms with Crippen LogP contribution in [0.2, 0.25) is 0 Å². The van der Waals surface area contributed by atoms with Gasteiger partial charge < -0.3 is 33.8 Å². The van der Waals surface area contributed by atoms with Gasteiger partial charge in [0.1, 0.15) is 17.2 Å². The van der Waals surface area contributed by atoms with Crippen LogP contribution in [0.3, 0.4) is 0 Å². The second-order valence-corrected chi connectivity index (χ2v) is 18.7. The molecule has 0 amide bonds.